The summed E-state index contributed by atoms with van der Waals surface area (Å²) in [6.45, 7) is 0.428. The topological polar surface area (TPSA) is 35.5 Å². The summed E-state index contributed by atoms with van der Waals surface area (Å²) in [5.74, 6) is 0.625. The van der Waals surface area contributed by atoms with Crippen molar-refractivity contribution >= 4 is 5.97 Å². The van der Waals surface area contributed by atoms with E-state index in [1.165, 1.54) is 0 Å². The molecule has 2 aliphatic rings. The quantitative estimate of drug-likeness (QED) is 0.744. The van der Waals surface area contributed by atoms with E-state index in [1.807, 2.05) is 54.6 Å². The Morgan fingerprint density at radius 2 is 1.75 bits per heavy atom. The Kier molecular flexibility index (Phi) is 2.36. The van der Waals surface area contributed by atoms with Gasteiger partial charge < -0.3 is 9.47 Å². The first-order chi connectivity index (χ1) is 9.80. The van der Waals surface area contributed by atoms with E-state index in [9.17, 15) is 4.79 Å². The van der Waals surface area contributed by atoms with Gasteiger partial charge in [0.2, 0.25) is 0 Å². The molecule has 2 aromatic carbocycles. The lowest BCUT2D eigenvalue weighted by molar-refractivity contribution is -0.146. The fourth-order valence-electron chi connectivity index (χ4n) is 3.27. The van der Waals surface area contributed by atoms with E-state index >= 15 is 0 Å². The first-order valence-corrected chi connectivity index (χ1v) is 6.79. The van der Waals surface area contributed by atoms with Crippen molar-refractivity contribution in [2.45, 2.75) is 17.9 Å². The van der Waals surface area contributed by atoms with Crippen LogP contribution >= 0.6 is 0 Å². The largest absolute Gasteiger partial charge is 0.489 e. The van der Waals surface area contributed by atoms with Gasteiger partial charge in [0.05, 0.1) is 0 Å². The minimum Gasteiger partial charge on any atom is -0.489 e. The van der Waals surface area contributed by atoms with Gasteiger partial charge in [0.25, 0.3) is 0 Å². The van der Waals surface area contributed by atoms with E-state index in [0.29, 0.717) is 13.0 Å². The maximum Gasteiger partial charge on any atom is 0.321 e. The van der Waals surface area contributed by atoms with Crippen molar-refractivity contribution in [3.63, 3.8) is 0 Å². The predicted octanol–water partition coefficient (Wildman–Crippen LogP) is 2.68. The number of ether oxygens (including phenoxy) is 2. The van der Waals surface area contributed by atoms with Crippen LogP contribution in [0.2, 0.25) is 0 Å². The molecule has 0 amide bonds. The number of hydrogen-bond acceptors (Lipinski definition) is 3. The zero-order valence-electron chi connectivity index (χ0n) is 10.9. The van der Waals surface area contributed by atoms with E-state index in [2.05, 4.69) is 0 Å². The van der Waals surface area contributed by atoms with Gasteiger partial charge in [-0.15, -0.1) is 0 Å². The lowest BCUT2D eigenvalue weighted by Gasteiger charge is -2.27. The van der Waals surface area contributed by atoms with E-state index in [-0.39, 0.29) is 12.1 Å². The van der Waals surface area contributed by atoms with Crippen molar-refractivity contribution < 1.29 is 14.3 Å². The van der Waals surface area contributed by atoms with E-state index in [0.717, 1.165) is 16.9 Å². The highest BCUT2D eigenvalue weighted by Gasteiger charge is 2.54. The van der Waals surface area contributed by atoms with E-state index in [4.69, 9.17) is 9.47 Å². The third kappa shape index (κ3) is 1.43. The second-order valence-corrected chi connectivity index (χ2v) is 5.31. The Hall–Kier alpha value is -2.29. The van der Waals surface area contributed by atoms with Crippen molar-refractivity contribution in [2.24, 2.45) is 0 Å². The number of hydrogen-bond donors (Lipinski definition) is 0. The van der Waals surface area contributed by atoms with Crippen LogP contribution in [-0.2, 0) is 14.9 Å². The molecule has 0 N–H and O–H groups in total. The SMILES string of the molecule is O=C1OC2COc3ccccc3C1(c1ccccc1)C2. The smallest absolute Gasteiger partial charge is 0.321 e. The van der Waals surface area contributed by atoms with Crippen LogP contribution in [-0.4, -0.2) is 18.7 Å². The first kappa shape index (κ1) is 11.5. The molecule has 0 spiro atoms. The monoisotopic (exact) mass is 266 g/mol. The van der Waals surface area contributed by atoms with Gasteiger partial charge in [0.15, 0.2) is 0 Å². The van der Waals surface area contributed by atoms with Gasteiger partial charge in [0.1, 0.15) is 23.9 Å². The molecule has 2 aliphatic heterocycles. The first-order valence-electron chi connectivity index (χ1n) is 6.79. The third-order valence-electron chi connectivity index (χ3n) is 4.19. The van der Waals surface area contributed by atoms with Gasteiger partial charge in [-0.1, -0.05) is 48.5 Å². The molecule has 2 atom stereocenters. The number of rotatable bonds is 1. The van der Waals surface area contributed by atoms with Gasteiger partial charge >= 0.3 is 5.97 Å². The molecule has 3 nitrogen and oxygen atoms in total. The normalized spacial score (nSPS) is 27.2. The molecule has 1 fully saturated rings. The zero-order chi connectivity index (χ0) is 13.6. The molecule has 0 radical (unpaired) electrons. The maximum atomic E-state index is 12.6. The van der Waals surface area contributed by atoms with Crippen LogP contribution in [0.4, 0.5) is 0 Å². The molecule has 4 rings (SSSR count). The van der Waals surface area contributed by atoms with Crippen LogP contribution in [0.25, 0.3) is 0 Å². The molecule has 2 bridgehead atoms. The molecule has 2 unspecified atom stereocenters. The molecule has 20 heavy (non-hydrogen) atoms. The Labute approximate surface area is 117 Å². The number of para-hydroxylation sites is 1. The van der Waals surface area contributed by atoms with Gasteiger partial charge in [-0.25, -0.2) is 0 Å². The van der Waals surface area contributed by atoms with Crippen molar-refractivity contribution in [3.05, 3.63) is 65.7 Å². The number of carbonyl (C=O) groups excluding carboxylic acids is 1. The molecule has 100 valence electrons. The summed E-state index contributed by atoms with van der Waals surface area (Å²) in [6.07, 6.45) is 0.474. The van der Waals surface area contributed by atoms with E-state index < -0.39 is 5.41 Å². The van der Waals surface area contributed by atoms with Crippen LogP contribution in [0, 0.1) is 0 Å². The third-order valence-corrected chi connectivity index (χ3v) is 4.19. The van der Waals surface area contributed by atoms with Crippen LogP contribution in [0.3, 0.4) is 0 Å². The van der Waals surface area contributed by atoms with E-state index in [1.54, 1.807) is 0 Å². The minimum absolute atomic E-state index is 0.163. The Morgan fingerprint density at radius 1 is 1.00 bits per heavy atom. The summed E-state index contributed by atoms with van der Waals surface area (Å²) in [4.78, 5) is 12.6. The summed E-state index contributed by atoms with van der Waals surface area (Å²) in [6, 6.07) is 17.6. The number of benzene rings is 2. The molecule has 0 aromatic heterocycles. The number of carbonyl (C=O) groups is 1. The van der Waals surface area contributed by atoms with Crippen molar-refractivity contribution in [3.8, 4) is 5.75 Å². The van der Waals surface area contributed by atoms with Gasteiger partial charge in [-0.2, -0.15) is 0 Å². The minimum atomic E-state index is -0.723. The van der Waals surface area contributed by atoms with Gasteiger partial charge in [0, 0.05) is 12.0 Å². The summed E-state index contributed by atoms with van der Waals surface area (Å²) in [5, 5.41) is 0. The number of esters is 1. The standard InChI is InChI=1S/C17H14O3/c18-16-17(12-6-2-1-3-7-12)10-13(20-16)11-19-15-9-5-4-8-14(15)17/h1-9,13H,10-11H2. The Morgan fingerprint density at radius 3 is 2.60 bits per heavy atom. The van der Waals surface area contributed by atoms with Crippen LogP contribution in [0.5, 0.6) is 5.75 Å². The maximum absolute atomic E-state index is 12.6. The fraction of sp³-hybridized carbons (Fsp3) is 0.235. The Bertz CT molecular complexity index is 665. The molecule has 3 heteroatoms. The predicted molar refractivity (Wildman–Crippen MR) is 73.7 cm³/mol. The van der Waals surface area contributed by atoms with Crippen molar-refractivity contribution in [2.75, 3.05) is 6.61 Å². The fourth-order valence-corrected chi connectivity index (χ4v) is 3.27. The molecule has 1 saturated heterocycles. The van der Waals surface area contributed by atoms with Crippen molar-refractivity contribution in [1.82, 2.24) is 0 Å². The summed E-state index contributed by atoms with van der Waals surface area (Å²) < 4.78 is 11.3. The van der Waals surface area contributed by atoms with Crippen LogP contribution in [0.15, 0.2) is 54.6 Å². The summed E-state index contributed by atoms with van der Waals surface area (Å²) >= 11 is 0. The highest BCUT2D eigenvalue weighted by molar-refractivity contribution is 5.91. The molecule has 0 saturated carbocycles. The van der Waals surface area contributed by atoms with Crippen LogP contribution in [0.1, 0.15) is 17.5 Å². The zero-order valence-corrected chi connectivity index (χ0v) is 10.9. The highest BCUT2D eigenvalue weighted by atomic mass is 16.6. The number of fused-ring (bicyclic) bond motifs is 4. The van der Waals surface area contributed by atoms with Gasteiger partial charge in [-0.3, -0.25) is 4.79 Å². The lowest BCUT2D eigenvalue weighted by Crippen LogP contribution is -2.33. The van der Waals surface area contributed by atoms with Crippen molar-refractivity contribution in [1.29, 1.82) is 0 Å². The molecular weight excluding hydrogens is 252 g/mol. The highest BCUT2D eigenvalue weighted by Crippen LogP contribution is 2.48. The van der Waals surface area contributed by atoms with Gasteiger partial charge in [-0.05, 0) is 11.6 Å². The second-order valence-electron chi connectivity index (χ2n) is 5.31. The van der Waals surface area contributed by atoms with Crippen LogP contribution < -0.4 is 4.74 Å². The molecular formula is C17H14O3. The Balaban J connectivity index is 2.01. The lowest BCUT2D eigenvalue weighted by atomic mass is 9.72. The average molecular weight is 266 g/mol. The molecule has 2 heterocycles. The average Bonchev–Trinajstić information content (AvgIpc) is 2.73. The second kappa shape index (κ2) is 4.10. The summed E-state index contributed by atoms with van der Waals surface area (Å²) in [7, 11) is 0. The molecule has 0 aliphatic carbocycles. The summed E-state index contributed by atoms with van der Waals surface area (Å²) in [5.41, 5.74) is 1.17. The molecule has 2 aromatic rings.